The van der Waals surface area contributed by atoms with E-state index in [1.165, 1.54) is 0 Å². The summed E-state index contributed by atoms with van der Waals surface area (Å²) in [4.78, 5) is 14.9. The van der Waals surface area contributed by atoms with Crippen LogP contribution in [0.2, 0.25) is 12.1 Å². The van der Waals surface area contributed by atoms with E-state index in [1.54, 1.807) is 0 Å². The van der Waals surface area contributed by atoms with Gasteiger partial charge in [0.15, 0.2) is 0 Å². The standard InChI is InChI=1S/C27H49NO8Si2/c1-7-31-37(32-8-2,33-9-3)21-16-20-28-25(23-17-14-13-15-18-23)26(28)24(27(29)30)19-22-38(34-10-4,35-11-5)36-12-6/h13-15,17-18,24-26H,7-12,16,19-22H2,1-6H3,(H,29,30). The molecule has 0 aromatic heterocycles. The Kier molecular flexibility index (Phi) is 14.6. The van der Waals surface area contributed by atoms with Crippen molar-refractivity contribution < 1.29 is 36.5 Å². The zero-order chi connectivity index (χ0) is 28.0. The van der Waals surface area contributed by atoms with E-state index in [9.17, 15) is 9.90 Å². The number of carboxylic acids is 1. The maximum Gasteiger partial charge on any atom is 0.500 e. The summed E-state index contributed by atoms with van der Waals surface area (Å²) in [7, 11) is -5.71. The molecular weight excluding hydrogens is 522 g/mol. The molecule has 1 heterocycles. The van der Waals surface area contributed by atoms with Gasteiger partial charge in [-0.05, 0) is 66.5 Å². The number of hydrogen-bond donors (Lipinski definition) is 1. The number of rotatable bonds is 22. The third-order valence-corrected chi connectivity index (χ3v) is 12.9. The van der Waals surface area contributed by atoms with E-state index in [-0.39, 0.29) is 12.1 Å². The molecule has 4 atom stereocenters. The van der Waals surface area contributed by atoms with Crippen molar-refractivity contribution >= 4 is 23.6 Å². The van der Waals surface area contributed by atoms with Gasteiger partial charge in [0.05, 0.1) is 12.0 Å². The fraction of sp³-hybridized carbons (Fsp3) is 0.741. The Balaban J connectivity index is 2.21. The molecule has 1 aromatic carbocycles. The van der Waals surface area contributed by atoms with Gasteiger partial charge < -0.3 is 31.7 Å². The van der Waals surface area contributed by atoms with Crippen molar-refractivity contribution in [2.75, 3.05) is 46.2 Å². The largest absolute Gasteiger partial charge is 0.500 e. The Morgan fingerprint density at radius 3 is 1.66 bits per heavy atom. The molecule has 9 nitrogen and oxygen atoms in total. The zero-order valence-corrected chi connectivity index (χ0v) is 26.1. The van der Waals surface area contributed by atoms with Crippen molar-refractivity contribution in [3.63, 3.8) is 0 Å². The molecule has 2 rings (SSSR count). The number of carboxylic acid groups (broad SMARTS) is 1. The highest BCUT2D eigenvalue weighted by Crippen LogP contribution is 2.49. The van der Waals surface area contributed by atoms with Crippen LogP contribution >= 0.6 is 0 Å². The second kappa shape index (κ2) is 16.8. The summed E-state index contributed by atoms with van der Waals surface area (Å²) in [5.74, 6) is -1.37. The molecular formula is C27H49NO8Si2. The van der Waals surface area contributed by atoms with Crippen molar-refractivity contribution in [1.82, 2.24) is 4.90 Å². The van der Waals surface area contributed by atoms with Crippen molar-refractivity contribution in [3.8, 4) is 0 Å². The third kappa shape index (κ3) is 9.21. The lowest BCUT2D eigenvalue weighted by Crippen LogP contribution is -2.46. The van der Waals surface area contributed by atoms with Crippen molar-refractivity contribution in [1.29, 1.82) is 0 Å². The molecule has 11 heteroatoms. The first kappa shape index (κ1) is 33.1. The summed E-state index contributed by atoms with van der Waals surface area (Å²) >= 11 is 0. The Morgan fingerprint density at radius 2 is 1.24 bits per heavy atom. The zero-order valence-electron chi connectivity index (χ0n) is 24.1. The van der Waals surface area contributed by atoms with Crippen LogP contribution in [0.25, 0.3) is 0 Å². The highest BCUT2D eigenvalue weighted by molar-refractivity contribution is 6.61. The highest BCUT2D eigenvalue weighted by atomic mass is 28.4. The van der Waals surface area contributed by atoms with Gasteiger partial charge in [0.1, 0.15) is 0 Å². The summed E-state index contributed by atoms with van der Waals surface area (Å²) in [5, 5.41) is 10.3. The van der Waals surface area contributed by atoms with E-state index in [0.717, 1.165) is 18.5 Å². The Morgan fingerprint density at radius 1 is 0.789 bits per heavy atom. The van der Waals surface area contributed by atoms with E-state index >= 15 is 0 Å². The minimum Gasteiger partial charge on any atom is -0.481 e. The second-order valence-electron chi connectivity index (χ2n) is 9.14. The highest BCUT2D eigenvalue weighted by Gasteiger charge is 2.55. The normalized spacial score (nSPS) is 20.4. The van der Waals surface area contributed by atoms with Gasteiger partial charge in [-0.25, -0.2) is 0 Å². The first-order valence-corrected chi connectivity index (χ1v) is 18.1. The van der Waals surface area contributed by atoms with Crippen LogP contribution in [-0.2, 0) is 31.4 Å². The lowest BCUT2D eigenvalue weighted by molar-refractivity contribution is -0.142. The molecule has 4 unspecified atom stereocenters. The van der Waals surface area contributed by atoms with Crippen LogP contribution in [0.5, 0.6) is 0 Å². The van der Waals surface area contributed by atoms with Crippen LogP contribution in [0.1, 0.15) is 66.0 Å². The fourth-order valence-corrected chi connectivity index (χ4v) is 10.6. The van der Waals surface area contributed by atoms with E-state index in [0.29, 0.717) is 58.2 Å². The summed E-state index contributed by atoms with van der Waals surface area (Å²) in [6, 6.07) is 11.3. The van der Waals surface area contributed by atoms with Crippen LogP contribution in [0.4, 0.5) is 0 Å². The van der Waals surface area contributed by atoms with E-state index in [1.807, 2.05) is 59.7 Å². The predicted molar refractivity (Wildman–Crippen MR) is 151 cm³/mol. The van der Waals surface area contributed by atoms with Crippen molar-refractivity contribution in [2.24, 2.45) is 5.92 Å². The Labute approximate surface area is 231 Å². The van der Waals surface area contributed by atoms with Gasteiger partial charge in [0, 0.05) is 57.8 Å². The molecule has 1 saturated heterocycles. The van der Waals surface area contributed by atoms with Crippen molar-refractivity contribution in [3.05, 3.63) is 35.9 Å². The molecule has 0 amide bonds. The van der Waals surface area contributed by atoms with Gasteiger partial charge in [-0.2, -0.15) is 0 Å². The molecule has 1 N–H and O–H groups in total. The minimum atomic E-state index is -2.95. The van der Waals surface area contributed by atoms with Crippen molar-refractivity contribution in [2.45, 2.75) is 78.6 Å². The molecule has 0 saturated carbocycles. The number of hydrogen-bond acceptors (Lipinski definition) is 8. The summed E-state index contributed by atoms with van der Waals surface area (Å²) in [6.45, 7) is 15.4. The predicted octanol–water partition coefficient (Wildman–Crippen LogP) is 4.99. The van der Waals surface area contributed by atoms with Gasteiger partial charge in [0.25, 0.3) is 0 Å². The van der Waals surface area contributed by atoms with Crippen LogP contribution in [0.3, 0.4) is 0 Å². The molecule has 1 aliphatic heterocycles. The summed E-state index contributed by atoms with van der Waals surface area (Å²) in [6.07, 6.45) is 1.23. The first-order chi connectivity index (χ1) is 18.4. The van der Waals surface area contributed by atoms with E-state index in [4.69, 9.17) is 26.6 Å². The molecule has 0 bridgehead atoms. The van der Waals surface area contributed by atoms with Gasteiger partial charge in [0.2, 0.25) is 0 Å². The number of carbonyl (C=O) groups is 1. The van der Waals surface area contributed by atoms with Crippen LogP contribution in [-0.4, -0.2) is 85.8 Å². The first-order valence-electron chi connectivity index (χ1n) is 14.2. The summed E-state index contributed by atoms with van der Waals surface area (Å²) in [5.41, 5.74) is 1.13. The lowest BCUT2D eigenvalue weighted by atomic mass is 9.97. The fourth-order valence-electron chi connectivity index (χ4n) is 5.33. The molecule has 1 aromatic rings. The molecule has 38 heavy (non-hydrogen) atoms. The quantitative estimate of drug-likeness (QED) is 0.153. The molecule has 1 fully saturated rings. The molecule has 0 radical (unpaired) electrons. The van der Waals surface area contributed by atoms with E-state index < -0.39 is 29.5 Å². The smallest absolute Gasteiger partial charge is 0.481 e. The lowest BCUT2D eigenvalue weighted by Gasteiger charge is -2.29. The van der Waals surface area contributed by atoms with Gasteiger partial charge >= 0.3 is 23.6 Å². The monoisotopic (exact) mass is 571 g/mol. The Bertz CT molecular complexity index is 769. The average Bonchev–Trinajstić information content (AvgIpc) is 3.59. The summed E-state index contributed by atoms with van der Waals surface area (Å²) < 4.78 is 36.1. The molecule has 218 valence electrons. The topological polar surface area (TPSA) is 95.7 Å². The number of aliphatic carboxylic acids is 1. The number of nitrogens with zero attached hydrogens (tertiary/aromatic N) is 1. The molecule has 0 aliphatic carbocycles. The van der Waals surface area contributed by atoms with Crippen LogP contribution in [0, 0.1) is 5.92 Å². The minimum absolute atomic E-state index is 0.0435. The Hall–Kier alpha value is -1.16. The van der Waals surface area contributed by atoms with Gasteiger partial charge in [-0.1, -0.05) is 30.3 Å². The van der Waals surface area contributed by atoms with Gasteiger partial charge in [-0.15, -0.1) is 0 Å². The maximum atomic E-state index is 12.6. The second-order valence-corrected chi connectivity index (χ2v) is 14.6. The SMILES string of the molecule is CCO[Si](CCCN1C(c2ccccc2)C1C(CC[Si](OCC)(OCC)OCC)C(=O)O)(OCC)OCC. The van der Waals surface area contributed by atoms with Crippen LogP contribution in [0.15, 0.2) is 30.3 Å². The van der Waals surface area contributed by atoms with Gasteiger partial charge in [-0.3, -0.25) is 9.69 Å². The molecule has 0 spiro atoms. The average molecular weight is 572 g/mol. The van der Waals surface area contributed by atoms with E-state index in [2.05, 4.69) is 17.0 Å². The van der Waals surface area contributed by atoms with Crippen LogP contribution < -0.4 is 0 Å². The number of benzene rings is 1. The maximum absolute atomic E-state index is 12.6. The third-order valence-electron chi connectivity index (χ3n) is 6.69. The molecule has 1 aliphatic rings.